The Morgan fingerprint density at radius 2 is 1.81 bits per heavy atom. The normalized spacial score (nSPS) is 13.3. The van der Waals surface area contributed by atoms with Crippen molar-refractivity contribution in [3.05, 3.63) is 67.3 Å². The molecule has 1 heterocycles. The molecule has 0 bridgehead atoms. The maximum atomic E-state index is 12.3. The van der Waals surface area contributed by atoms with Crippen LogP contribution in [0, 0.1) is 5.41 Å². The molecule has 164 valence electrons. The van der Waals surface area contributed by atoms with E-state index in [4.69, 9.17) is 9.47 Å². The molecule has 2 unspecified atom stereocenters. The Kier molecular flexibility index (Phi) is 7.68. The van der Waals surface area contributed by atoms with Crippen LogP contribution < -0.4 is 10.1 Å². The second-order valence-electron chi connectivity index (χ2n) is 7.75. The second kappa shape index (κ2) is 10.4. The highest BCUT2D eigenvalue weighted by Crippen LogP contribution is 2.35. The fraction of sp³-hybridized carbons (Fsp3) is 0.348. The third-order valence-corrected chi connectivity index (χ3v) is 6.29. The van der Waals surface area contributed by atoms with Gasteiger partial charge >= 0.3 is 6.09 Å². The summed E-state index contributed by atoms with van der Waals surface area (Å²) in [4.78, 5) is 16.3. The molecule has 8 heteroatoms. The van der Waals surface area contributed by atoms with Crippen molar-refractivity contribution in [2.75, 3.05) is 11.9 Å². The summed E-state index contributed by atoms with van der Waals surface area (Å²) in [6.45, 7) is 6.30. The average Bonchev–Trinajstić information content (AvgIpc) is 3.32. The summed E-state index contributed by atoms with van der Waals surface area (Å²) in [7, 11) is 0. The van der Waals surface area contributed by atoms with E-state index in [-0.39, 0.29) is 0 Å². The van der Waals surface area contributed by atoms with Gasteiger partial charge < -0.3 is 14.8 Å². The lowest BCUT2D eigenvalue weighted by atomic mass is 9.87. The lowest BCUT2D eigenvalue weighted by Gasteiger charge is -2.37. The minimum atomic E-state index is -0.708. The summed E-state index contributed by atoms with van der Waals surface area (Å²) >= 11 is 3.54. The fourth-order valence-corrected chi connectivity index (χ4v) is 3.40. The molecule has 2 atom stereocenters. The number of amides is 1. The first-order chi connectivity index (χ1) is 14.9. The van der Waals surface area contributed by atoms with Gasteiger partial charge in [-0.05, 0) is 30.2 Å². The molecule has 31 heavy (non-hydrogen) atoms. The number of benzene rings is 2. The summed E-state index contributed by atoms with van der Waals surface area (Å²) in [5.41, 5.74) is 1.76. The molecule has 0 aliphatic heterocycles. The van der Waals surface area contributed by atoms with Crippen LogP contribution in [0.5, 0.6) is 5.75 Å². The standard InChI is InChI=1S/C23H27BrN4O3/c1-4-26-22(29)31-20(23(2,3)14-24)21(28-16-25-15-27-28)30-19-12-10-18(11-13-19)17-8-6-5-7-9-17/h5-13,15-16,20-21H,4,14H2,1-3H3,(H,26,29). The van der Waals surface area contributed by atoms with Gasteiger partial charge in [-0.3, -0.25) is 0 Å². The summed E-state index contributed by atoms with van der Waals surface area (Å²) in [5.74, 6) is 0.634. The smallest absolute Gasteiger partial charge is 0.407 e. The topological polar surface area (TPSA) is 78.3 Å². The fourth-order valence-electron chi connectivity index (χ4n) is 3.08. The Morgan fingerprint density at radius 3 is 2.39 bits per heavy atom. The van der Waals surface area contributed by atoms with Crippen molar-refractivity contribution in [1.29, 1.82) is 0 Å². The zero-order valence-electron chi connectivity index (χ0n) is 17.9. The maximum absolute atomic E-state index is 12.3. The van der Waals surface area contributed by atoms with Crippen molar-refractivity contribution < 1.29 is 14.3 Å². The molecule has 2 aromatic carbocycles. The van der Waals surface area contributed by atoms with Gasteiger partial charge in [0.25, 0.3) is 0 Å². The molecule has 1 aromatic heterocycles. The minimum absolute atomic E-state index is 0.453. The molecule has 3 aromatic rings. The highest BCUT2D eigenvalue weighted by molar-refractivity contribution is 9.09. The van der Waals surface area contributed by atoms with E-state index in [0.717, 1.165) is 11.1 Å². The number of carbonyl (C=O) groups excluding carboxylic acids is 1. The van der Waals surface area contributed by atoms with Crippen molar-refractivity contribution in [2.24, 2.45) is 5.41 Å². The number of hydrogen-bond acceptors (Lipinski definition) is 5. The van der Waals surface area contributed by atoms with Gasteiger partial charge in [-0.2, -0.15) is 5.10 Å². The van der Waals surface area contributed by atoms with Crippen LogP contribution in [0.15, 0.2) is 67.3 Å². The SMILES string of the molecule is CCNC(=O)OC(C(Oc1ccc(-c2ccccc2)cc1)n1cncn1)C(C)(C)CBr. The summed E-state index contributed by atoms with van der Waals surface area (Å²) in [6.07, 6.45) is 1.13. The molecular weight excluding hydrogens is 460 g/mol. The monoisotopic (exact) mass is 486 g/mol. The summed E-state index contributed by atoms with van der Waals surface area (Å²) in [5, 5.41) is 7.53. The van der Waals surface area contributed by atoms with Crippen LogP contribution in [0.4, 0.5) is 4.79 Å². The Hall–Kier alpha value is -2.87. The number of alkyl halides is 1. The molecular formula is C23H27BrN4O3. The molecule has 1 amide bonds. The lowest BCUT2D eigenvalue weighted by molar-refractivity contribution is -0.0774. The third kappa shape index (κ3) is 5.85. The zero-order valence-corrected chi connectivity index (χ0v) is 19.5. The molecule has 0 saturated heterocycles. The number of alkyl carbamates (subject to hydrolysis) is 1. The van der Waals surface area contributed by atoms with Crippen molar-refractivity contribution in [1.82, 2.24) is 20.1 Å². The zero-order chi connectivity index (χ0) is 22.3. The lowest BCUT2D eigenvalue weighted by Crippen LogP contribution is -2.46. The molecule has 0 spiro atoms. The van der Waals surface area contributed by atoms with Gasteiger partial charge in [0.2, 0.25) is 6.23 Å². The number of hydrogen-bond donors (Lipinski definition) is 1. The molecule has 0 saturated carbocycles. The molecule has 3 rings (SSSR count). The quantitative estimate of drug-likeness (QED) is 0.427. The molecule has 0 radical (unpaired) electrons. The molecule has 1 N–H and O–H groups in total. The van der Waals surface area contributed by atoms with E-state index in [1.165, 1.54) is 6.33 Å². The van der Waals surface area contributed by atoms with Gasteiger partial charge in [-0.1, -0.05) is 72.2 Å². The van der Waals surface area contributed by atoms with Crippen LogP contribution in [0.1, 0.15) is 27.0 Å². The number of rotatable bonds is 9. The van der Waals surface area contributed by atoms with Crippen LogP contribution in [0.25, 0.3) is 11.1 Å². The number of nitrogens with zero attached hydrogens (tertiary/aromatic N) is 3. The van der Waals surface area contributed by atoms with E-state index in [2.05, 4.69) is 43.5 Å². The highest BCUT2D eigenvalue weighted by Gasteiger charge is 2.41. The predicted molar refractivity (Wildman–Crippen MR) is 123 cm³/mol. The molecule has 0 aliphatic rings. The van der Waals surface area contributed by atoms with Crippen molar-refractivity contribution >= 4 is 22.0 Å². The van der Waals surface area contributed by atoms with Gasteiger partial charge in [-0.25, -0.2) is 14.5 Å². The molecule has 0 aliphatic carbocycles. The first-order valence-corrected chi connectivity index (χ1v) is 11.2. The van der Waals surface area contributed by atoms with E-state index in [9.17, 15) is 4.79 Å². The van der Waals surface area contributed by atoms with Crippen molar-refractivity contribution in [2.45, 2.75) is 33.1 Å². The highest BCUT2D eigenvalue weighted by atomic mass is 79.9. The van der Waals surface area contributed by atoms with Gasteiger partial charge in [0.1, 0.15) is 18.4 Å². The molecule has 7 nitrogen and oxygen atoms in total. The molecule has 0 fully saturated rings. The van der Waals surface area contributed by atoms with Crippen molar-refractivity contribution in [3.63, 3.8) is 0 Å². The minimum Gasteiger partial charge on any atom is -0.465 e. The van der Waals surface area contributed by atoms with Gasteiger partial charge in [0, 0.05) is 17.3 Å². The van der Waals surface area contributed by atoms with Gasteiger partial charge in [-0.15, -0.1) is 0 Å². The average molecular weight is 487 g/mol. The van der Waals surface area contributed by atoms with E-state index in [1.54, 1.807) is 11.0 Å². The van der Waals surface area contributed by atoms with Crippen molar-refractivity contribution in [3.8, 4) is 16.9 Å². The largest absolute Gasteiger partial charge is 0.465 e. The Bertz CT molecular complexity index is 947. The number of carbonyl (C=O) groups is 1. The first kappa shape index (κ1) is 22.8. The maximum Gasteiger partial charge on any atom is 0.407 e. The first-order valence-electron chi connectivity index (χ1n) is 10.1. The van der Waals surface area contributed by atoms with Crippen LogP contribution in [-0.2, 0) is 4.74 Å². The predicted octanol–water partition coefficient (Wildman–Crippen LogP) is 5.06. The van der Waals surface area contributed by atoms with Crippen LogP contribution >= 0.6 is 15.9 Å². The van der Waals surface area contributed by atoms with Crippen LogP contribution in [0.2, 0.25) is 0 Å². The Labute approximate surface area is 190 Å². The number of nitrogens with one attached hydrogen (secondary N) is 1. The number of ether oxygens (including phenoxy) is 2. The summed E-state index contributed by atoms with van der Waals surface area (Å²) in [6, 6.07) is 17.9. The second-order valence-corrected chi connectivity index (χ2v) is 8.31. The third-order valence-electron chi connectivity index (χ3n) is 4.84. The van der Waals surface area contributed by atoms with E-state index in [0.29, 0.717) is 17.6 Å². The van der Waals surface area contributed by atoms with Crippen LogP contribution in [-0.4, -0.2) is 38.8 Å². The number of halogens is 1. The van der Waals surface area contributed by atoms with E-state index >= 15 is 0 Å². The van der Waals surface area contributed by atoms with E-state index < -0.39 is 23.8 Å². The van der Waals surface area contributed by atoms with Gasteiger partial charge in [0.05, 0.1) is 0 Å². The summed E-state index contributed by atoms with van der Waals surface area (Å²) < 4.78 is 13.7. The Morgan fingerprint density at radius 1 is 1.13 bits per heavy atom. The van der Waals surface area contributed by atoms with E-state index in [1.807, 2.05) is 63.2 Å². The van der Waals surface area contributed by atoms with Crippen LogP contribution in [0.3, 0.4) is 0 Å². The van der Waals surface area contributed by atoms with Gasteiger partial charge in [0.15, 0.2) is 6.10 Å². The Balaban J connectivity index is 1.90. The number of aromatic nitrogens is 3.